The lowest BCUT2D eigenvalue weighted by molar-refractivity contribution is -0.119. The first-order valence-corrected chi connectivity index (χ1v) is 6.31. The molecule has 0 radical (unpaired) electrons. The van der Waals surface area contributed by atoms with Gasteiger partial charge in [0.1, 0.15) is 11.0 Å². The SMILES string of the molecule is CC(C)CN1c2nc(Cl)ccc2CC(=O)[C@H]1C. The minimum absolute atomic E-state index is 0.101. The van der Waals surface area contributed by atoms with Crippen LogP contribution in [0.3, 0.4) is 0 Å². The Morgan fingerprint density at radius 2 is 2.24 bits per heavy atom. The molecule has 4 heteroatoms. The van der Waals surface area contributed by atoms with Crippen LogP contribution in [0.2, 0.25) is 5.15 Å². The first-order valence-electron chi connectivity index (χ1n) is 5.94. The maximum Gasteiger partial charge on any atom is 0.159 e. The highest BCUT2D eigenvalue weighted by Gasteiger charge is 2.30. The number of pyridine rings is 1. The van der Waals surface area contributed by atoms with Crippen molar-refractivity contribution >= 4 is 23.2 Å². The molecule has 0 fully saturated rings. The predicted octanol–water partition coefficient (Wildman–Crippen LogP) is 2.71. The van der Waals surface area contributed by atoms with Crippen molar-refractivity contribution in [2.24, 2.45) is 5.92 Å². The second-order valence-electron chi connectivity index (χ2n) is 4.98. The minimum Gasteiger partial charge on any atom is -0.346 e. The van der Waals surface area contributed by atoms with Crippen molar-refractivity contribution in [3.05, 3.63) is 22.8 Å². The number of fused-ring (bicyclic) bond motifs is 1. The number of halogens is 1. The van der Waals surface area contributed by atoms with Crippen molar-refractivity contribution in [1.82, 2.24) is 4.98 Å². The molecular weight excluding hydrogens is 236 g/mol. The fourth-order valence-electron chi connectivity index (χ4n) is 2.17. The van der Waals surface area contributed by atoms with Crippen LogP contribution >= 0.6 is 11.6 Å². The Labute approximate surface area is 107 Å². The molecule has 17 heavy (non-hydrogen) atoms. The molecule has 1 aromatic rings. The molecule has 0 aliphatic carbocycles. The normalized spacial score (nSPS) is 19.7. The predicted molar refractivity (Wildman–Crippen MR) is 69.6 cm³/mol. The Morgan fingerprint density at radius 1 is 1.53 bits per heavy atom. The lowest BCUT2D eigenvalue weighted by atomic mass is 9.97. The lowest BCUT2D eigenvalue weighted by Crippen LogP contribution is -2.46. The molecule has 0 saturated heterocycles. The van der Waals surface area contributed by atoms with E-state index in [4.69, 9.17) is 11.6 Å². The summed E-state index contributed by atoms with van der Waals surface area (Å²) >= 11 is 5.94. The summed E-state index contributed by atoms with van der Waals surface area (Å²) in [4.78, 5) is 18.4. The van der Waals surface area contributed by atoms with Crippen LogP contribution in [-0.2, 0) is 11.2 Å². The van der Waals surface area contributed by atoms with Gasteiger partial charge in [-0.3, -0.25) is 4.79 Å². The molecule has 0 bridgehead atoms. The molecule has 0 aromatic carbocycles. The zero-order valence-corrected chi connectivity index (χ0v) is 11.2. The fourth-order valence-corrected chi connectivity index (χ4v) is 2.31. The molecule has 0 N–H and O–H groups in total. The van der Waals surface area contributed by atoms with Gasteiger partial charge in [0.05, 0.1) is 6.04 Å². The number of nitrogens with zero attached hydrogens (tertiary/aromatic N) is 2. The number of hydrogen-bond acceptors (Lipinski definition) is 3. The number of hydrogen-bond donors (Lipinski definition) is 0. The molecule has 0 unspecified atom stereocenters. The van der Waals surface area contributed by atoms with Crippen molar-refractivity contribution in [3.63, 3.8) is 0 Å². The van der Waals surface area contributed by atoms with Crippen molar-refractivity contribution in [1.29, 1.82) is 0 Å². The molecule has 0 spiro atoms. The van der Waals surface area contributed by atoms with Gasteiger partial charge in [0.2, 0.25) is 0 Å². The van der Waals surface area contributed by atoms with Gasteiger partial charge in [0, 0.05) is 18.5 Å². The zero-order chi connectivity index (χ0) is 12.6. The maximum absolute atomic E-state index is 11.9. The van der Waals surface area contributed by atoms with Crippen molar-refractivity contribution in [3.8, 4) is 0 Å². The van der Waals surface area contributed by atoms with E-state index >= 15 is 0 Å². The summed E-state index contributed by atoms with van der Waals surface area (Å²) < 4.78 is 0. The average Bonchev–Trinajstić information content (AvgIpc) is 2.25. The summed E-state index contributed by atoms with van der Waals surface area (Å²) in [6.45, 7) is 7.04. The number of ketones is 1. The molecule has 0 saturated carbocycles. The van der Waals surface area contributed by atoms with Crippen LogP contribution in [0.5, 0.6) is 0 Å². The Bertz CT molecular complexity index is 445. The largest absolute Gasteiger partial charge is 0.346 e. The summed E-state index contributed by atoms with van der Waals surface area (Å²) in [7, 11) is 0. The van der Waals surface area contributed by atoms with Crippen LogP contribution in [-0.4, -0.2) is 23.4 Å². The highest BCUT2D eigenvalue weighted by molar-refractivity contribution is 6.29. The first kappa shape index (κ1) is 12.4. The third-order valence-electron chi connectivity index (χ3n) is 3.05. The van der Waals surface area contributed by atoms with Gasteiger partial charge in [-0.05, 0) is 18.9 Å². The number of carbonyl (C=O) groups excluding carboxylic acids is 1. The standard InChI is InChI=1S/C13H17ClN2O/c1-8(2)7-16-9(3)11(17)6-10-4-5-12(14)15-13(10)16/h4-5,8-9H,6-7H2,1-3H3/t9-/m1/s1. The summed E-state index contributed by atoms with van der Waals surface area (Å²) in [5.74, 6) is 1.61. The van der Waals surface area contributed by atoms with Crippen LogP contribution in [0, 0.1) is 5.92 Å². The summed E-state index contributed by atoms with van der Waals surface area (Å²) in [5.41, 5.74) is 0.984. The minimum atomic E-state index is -0.101. The molecule has 1 aliphatic rings. The van der Waals surface area contributed by atoms with Crippen LogP contribution in [0.1, 0.15) is 26.3 Å². The van der Waals surface area contributed by atoms with E-state index in [0.29, 0.717) is 17.5 Å². The number of aromatic nitrogens is 1. The lowest BCUT2D eigenvalue weighted by Gasteiger charge is -2.36. The van der Waals surface area contributed by atoms with Crippen molar-refractivity contribution in [2.75, 3.05) is 11.4 Å². The molecule has 3 nitrogen and oxygen atoms in total. The first-order chi connectivity index (χ1) is 7.99. The summed E-state index contributed by atoms with van der Waals surface area (Å²) in [5, 5.41) is 0.485. The number of anilines is 1. The van der Waals surface area contributed by atoms with Gasteiger partial charge in [0.15, 0.2) is 5.78 Å². The van der Waals surface area contributed by atoms with Gasteiger partial charge in [-0.2, -0.15) is 0 Å². The van der Waals surface area contributed by atoms with Gasteiger partial charge in [-0.25, -0.2) is 4.98 Å². The van der Waals surface area contributed by atoms with E-state index in [2.05, 4.69) is 23.7 Å². The molecule has 92 valence electrons. The third-order valence-corrected chi connectivity index (χ3v) is 3.26. The quantitative estimate of drug-likeness (QED) is 0.759. The van der Waals surface area contributed by atoms with E-state index in [-0.39, 0.29) is 11.8 Å². The zero-order valence-electron chi connectivity index (χ0n) is 10.4. The van der Waals surface area contributed by atoms with Gasteiger partial charge < -0.3 is 4.90 Å². The van der Waals surface area contributed by atoms with E-state index < -0.39 is 0 Å². The van der Waals surface area contributed by atoms with Gasteiger partial charge in [-0.1, -0.05) is 31.5 Å². The number of rotatable bonds is 2. The van der Waals surface area contributed by atoms with Crippen molar-refractivity contribution in [2.45, 2.75) is 33.2 Å². The van der Waals surface area contributed by atoms with Crippen LogP contribution in [0.4, 0.5) is 5.82 Å². The average molecular weight is 253 g/mol. The van der Waals surface area contributed by atoms with Crippen LogP contribution in [0.25, 0.3) is 0 Å². The Morgan fingerprint density at radius 3 is 2.88 bits per heavy atom. The van der Waals surface area contributed by atoms with E-state index in [1.807, 2.05) is 13.0 Å². The second-order valence-corrected chi connectivity index (χ2v) is 5.37. The molecule has 2 rings (SSSR count). The highest BCUT2D eigenvalue weighted by Crippen LogP contribution is 2.29. The molecular formula is C13H17ClN2O. The Balaban J connectivity index is 2.43. The highest BCUT2D eigenvalue weighted by atomic mass is 35.5. The maximum atomic E-state index is 11.9. The summed E-state index contributed by atoms with van der Waals surface area (Å²) in [6.07, 6.45) is 0.468. The second kappa shape index (κ2) is 4.65. The van der Waals surface area contributed by atoms with E-state index in [9.17, 15) is 4.79 Å². The van der Waals surface area contributed by atoms with Gasteiger partial charge in [0.25, 0.3) is 0 Å². The van der Waals surface area contributed by atoms with Crippen molar-refractivity contribution < 1.29 is 4.79 Å². The van der Waals surface area contributed by atoms with Crippen LogP contribution in [0.15, 0.2) is 12.1 Å². The van der Waals surface area contributed by atoms with E-state index in [0.717, 1.165) is 17.9 Å². The molecule has 2 heterocycles. The number of carbonyl (C=O) groups is 1. The van der Waals surface area contributed by atoms with Crippen LogP contribution < -0.4 is 4.90 Å². The van der Waals surface area contributed by atoms with Gasteiger partial charge >= 0.3 is 0 Å². The van der Waals surface area contributed by atoms with Gasteiger partial charge in [-0.15, -0.1) is 0 Å². The summed E-state index contributed by atoms with van der Waals surface area (Å²) in [6, 6.07) is 3.55. The third kappa shape index (κ3) is 2.44. The molecule has 0 amide bonds. The Hall–Kier alpha value is -1.09. The molecule has 1 aromatic heterocycles. The molecule has 1 atom stereocenters. The Kier molecular flexibility index (Phi) is 3.38. The number of Topliss-reactive ketones (excluding diaryl/α,β-unsaturated/α-hetero) is 1. The fraction of sp³-hybridized carbons (Fsp3) is 0.538. The molecule has 1 aliphatic heterocycles. The topological polar surface area (TPSA) is 33.2 Å². The smallest absolute Gasteiger partial charge is 0.159 e. The monoisotopic (exact) mass is 252 g/mol. The van der Waals surface area contributed by atoms with E-state index in [1.54, 1.807) is 6.07 Å². The van der Waals surface area contributed by atoms with E-state index in [1.165, 1.54) is 0 Å².